The van der Waals surface area contributed by atoms with Crippen LogP contribution < -0.4 is 4.72 Å². The Hall–Kier alpha value is -2.44. The second-order valence-corrected chi connectivity index (χ2v) is 9.51. The standard InChI is InChI=1S/C23H18ClNO2S2/c24-21-9-5-17(6-10-21)18-7-11-22(12-8-18)29(26,27)25-15-19-3-1-2-4-23(19)20-13-14-28-16-20/h1-14,16,25H,15H2. The summed E-state index contributed by atoms with van der Waals surface area (Å²) in [5, 5.41) is 4.74. The molecule has 146 valence electrons. The zero-order valence-corrected chi connectivity index (χ0v) is 17.8. The highest BCUT2D eigenvalue weighted by molar-refractivity contribution is 7.89. The number of nitrogens with one attached hydrogen (secondary N) is 1. The molecule has 0 aliphatic rings. The van der Waals surface area contributed by atoms with E-state index in [9.17, 15) is 8.42 Å². The number of rotatable bonds is 6. The van der Waals surface area contributed by atoms with Crippen LogP contribution in [0.3, 0.4) is 0 Å². The Kier molecular flexibility index (Phi) is 5.83. The van der Waals surface area contributed by atoms with Gasteiger partial charge in [-0.25, -0.2) is 13.1 Å². The third kappa shape index (κ3) is 4.60. The molecule has 1 N–H and O–H groups in total. The Morgan fingerprint density at radius 3 is 2.10 bits per heavy atom. The van der Waals surface area contributed by atoms with Crippen LogP contribution in [0.2, 0.25) is 5.02 Å². The SMILES string of the molecule is O=S(=O)(NCc1ccccc1-c1ccsc1)c1ccc(-c2ccc(Cl)cc2)cc1. The zero-order chi connectivity index (χ0) is 20.3. The molecule has 4 aromatic rings. The van der Waals surface area contributed by atoms with Crippen molar-refractivity contribution in [2.24, 2.45) is 0 Å². The number of benzene rings is 3. The van der Waals surface area contributed by atoms with E-state index in [1.165, 1.54) is 0 Å². The van der Waals surface area contributed by atoms with Gasteiger partial charge in [-0.15, -0.1) is 0 Å². The van der Waals surface area contributed by atoms with Gasteiger partial charge in [0, 0.05) is 11.6 Å². The van der Waals surface area contributed by atoms with Crippen molar-refractivity contribution >= 4 is 33.0 Å². The van der Waals surface area contributed by atoms with Crippen LogP contribution in [0.1, 0.15) is 5.56 Å². The second kappa shape index (κ2) is 8.51. The summed E-state index contributed by atoms with van der Waals surface area (Å²) in [6, 6.07) is 24.2. The molecule has 3 aromatic carbocycles. The summed E-state index contributed by atoms with van der Waals surface area (Å²) in [5.74, 6) is 0. The van der Waals surface area contributed by atoms with Gasteiger partial charge in [-0.2, -0.15) is 11.3 Å². The van der Waals surface area contributed by atoms with Gasteiger partial charge in [0.1, 0.15) is 0 Å². The molecular formula is C23H18ClNO2S2. The fourth-order valence-electron chi connectivity index (χ4n) is 3.10. The van der Waals surface area contributed by atoms with Gasteiger partial charge in [0.2, 0.25) is 10.0 Å². The highest BCUT2D eigenvalue weighted by atomic mass is 35.5. The van der Waals surface area contributed by atoms with Crippen molar-refractivity contribution < 1.29 is 8.42 Å². The minimum absolute atomic E-state index is 0.229. The van der Waals surface area contributed by atoms with E-state index >= 15 is 0 Å². The van der Waals surface area contributed by atoms with Crippen LogP contribution in [0.4, 0.5) is 0 Å². The molecule has 1 heterocycles. The van der Waals surface area contributed by atoms with E-state index in [1.54, 1.807) is 35.6 Å². The van der Waals surface area contributed by atoms with E-state index in [4.69, 9.17) is 11.6 Å². The van der Waals surface area contributed by atoms with Gasteiger partial charge >= 0.3 is 0 Å². The first-order chi connectivity index (χ1) is 14.0. The number of sulfonamides is 1. The van der Waals surface area contributed by atoms with Crippen LogP contribution in [0.5, 0.6) is 0 Å². The smallest absolute Gasteiger partial charge is 0.207 e. The predicted molar refractivity (Wildman–Crippen MR) is 121 cm³/mol. The van der Waals surface area contributed by atoms with E-state index in [1.807, 2.05) is 60.0 Å². The first-order valence-electron chi connectivity index (χ1n) is 8.99. The molecule has 0 spiro atoms. The maximum absolute atomic E-state index is 12.8. The number of thiophene rings is 1. The molecule has 0 saturated heterocycles. The summed E-state index contributed by atoms with van der Waals surface area (Å²) in [6.45, 7) is 0.229. The van der Waals surface area contributed by atoms with Crippen LogP contribution in [0, 0.1) is 0 Å². The maximum atomic E-state index is 12.8. The van der Waals surface area contributed by atoms with Gasteiger partial charge in [0.25, 0.3) is 0 Å². The van der Waals surface area contributed by atoms with Crippen molar-refractivity contribution in [1.82, 2.24) is 4.72 Å². The summed E-state index contributed by atoms with van der Waals surface area (Å²) < 4.78 is 28.3. The largest absolute Gasteiger partial charge is 0.240 e. The highest BCUT2D eigenvalue weighted by Crippen LogP contribution is 2.27. The summed E-state index contributed by atoms with van der Waals surface area (Å²) in [7, 11) is -3.62. The third-order valence-electron chi connectivity index (χ3n) is 4.64. The fraction of sp³-hybridized carbons (Fsp3) is 0.0435. The number of halogens is 1. The van der Waals surface area contributed by atoms with Crippen molar-refractivity contribution in [2.75, 3.05) is 0 Å². The monoisotopic (exact) mass is 439 g/mol. The van der Waals surface area contributed by atoms with E-state index in [-0.39, 0.29) is 11.4 Å². The van der Waals surface area contributed by atoms with Crippen LogP contribution in [-0.2, 0) is 16.6 Å². The lowest BCUT2D eigenvalue weighted by Gasteiger charge is -2.11. The Morgan fingerprint density at radius 1 is 0.793 bits per heavy atom. The maximum Gasteiger partial charge on any atom is 0.240 e. The lowest BCUT2D eigenvalue weighted by molar-refractivity contribution is 0.581. The van der Waals surface area contributed by atoms with Gasteiger partial charge in [-0.05, 0) is 68.9 Å². The minimum Gasteiger partial charge on any atom is -0.207 e. The molecular weight excluding hydrogens is 422 g/mol. The number of hydrogen-bond acceptors (Lipinski definition) is 3. The Balaban J connectivity index is 1.52. The lowest BCUT2D eigenvalue weighted by atomic mass is 10.0. The first kappa shape index (κ1) is 19.9. The molecule has 0 aliphatic heterocycles. The normalized spacial score (nSPS) is 11.5. The predicted octanol–water partition coefficient (Wildman–Crippen LogP) is 6.21. The highest BCUT2D eigenvalue weighted by Gasteiger charge is 2.15. The Morgan fingerprint density at radius 2 is 1.45 bits per heavy atom. The average molecular weight is 440 g/mol. The molecule has 0 radical (unpaired) electrons. The first-order valence-corrected chi connectivity index (χ1v) is 11.8. The van der Waals surface area contributed by atoms with Gasteiger partial charge < -0.3 is 0 Å². The molecule has 3 nitrogen and oxygen atoms in total. The van der Waals surface area contributed by atoms with Crippen LogP contribution in [-0.4, -0.2) is 8.42 Å². The molecule has 0 atom stereocenters. The van der Waals surface area contributed by atoms with Gasteiger partial charge in [0.05, 0.1) is 4.90 Å². The Bertz CT molecular complexity index is 1200. The van der Waals surface area contributed by atoms with Crippen LogP contribution >= 0.6 is 22.9 Å². The molecule has 0 amide bonds. The topological polar surface area (TPSA) is 46.2 Å². The van der Waals surface area contributed by atoms with Crippen molar-refractivity contribution in [3.8, 4) is 22.3 Å². The van der Waals surface area contributed by atoms with Crippen molar-refractivity contribution in [3.63, 3.8) is 0 Å². The van der Waals surface area contributed by atoms with E-state index in [0.717, 1.165) is 27.8 Å². The third-order valence-corrected chi connectivity index (χ3v) is 7.00. The second-order valence-electron chi connectivity index (χ2n) is 6.52. The minimum atomic E-state index is -3.62. The lowest BCUT2D eigenvalue weighted by Crippen LogP contribution is -2.23. The van der Waals surface area contributed by atoms with E-state index < -0.39 is 10.0 Å². The molecule has 0 unspecified atom stereocenters. The zero-order valence-electron chi connectivity index (χ0n) is 15.4. The summed E-state index contributed by atoms with van der Waals surface area (Å²) in [5.41, 5.74) is 4.98. The molecule has 0 saturated carbocycles. The summed E-state index contributed by atoms with van der Waals surface area (Å²) >= 11 is 7.54. The molecule has 29 heavy (non-hydrogen) atoms. The molecule has 0 bridgehead atoms. The van der Waals surface area contributed by atoms with E-state index in [0.29, 0.717) is 5.02 Å². The number of hydrogen-bond donors (Lipinski definition) is 1. The Labute approximate surface area is 179 Å². The average Bonchev–Trinajstić information content (AvgIpc) is 3.28. The summed E-state index contributed by atoms with van der Waals surface area (Å²) in [4.78, 5) is 0.239. The molecule has 0 aliphatic carbocycles. The van der Waals surface area contributed by atoms with Crippen molar-refractivity contribution in [2.45, 2.75) is 11.4 Å². The molecule has 4 rings (SSSR count). The van der Waals surface area contributed by atoms with Crippen LogP contribution in [0.15, 0.2) is 94.5 Å². The van der Waals surface area contributed by atoms with E-state index in [2.05, 4.69) is 10.1 Å². The fourth-order valence-corrected chi connectivity index (χ4v) is 4.89. The molecule has 0 fully saturated rings. The molecule has 6 heteroatoms. The van der Waals surface area contributed by atoms with Crippen molar-refractivity contribution in [3.05, 3.63) is 100 Å². The van der Waals surface area contributed by atoms with Gasteiger partial charge in [-0.1, -0.05) is 60.1 Å². The van der Waals surface area contributed by atoms with Gasteiger partial charge in [0.15, 0.2) is 0 Å². The van der Waals surface area contributed by atoms with Crippen LogP contribution in [0.25, 0.3) is 22.3 Å². The van der Waals surface area contributed by atoms with Crippen molar-refractivity contribution in [1.29, 1.82) is 0 Å². The summed E-state index contributed by atoms with van der Waals surface area (Å²) in [6.07, 6.45) is 0. The quantitative estimate of drug-likeness (QED) is 0.388. The molecule has 1 aromatic heterocycles. The van der Waals surface area contributed by atoms with Gasteiger partial charge in [-0.3, -0.25) is 0 Å².